The average molecular weight is 472 g/mol. The fourth-order valence-electron chi connectivity index (χ4n) is 3.95. The van der Waals surface area contributed by atoms with Crippen molar-refractivity contribution in [3.63, 3.8) is 0 Å². The molecule has 5 nitrogen and oxygen atoms in total. The number of aromatic hydroxyl groups is 1. The largest absolute Gasteiger partial charge is 0.505 e. The van der Waals surface area contributed by atoms with E-state index in [1.165, 1.54) is 22.8 Å². The third kappa shape index (κ3) is 3.60. The van der Waals surface area contributed by atoms with E-state index in [0.29, 0.717) is 16.9 Å². The highest BCUT2D eigenvalue weighted by Gasteiger charge is 2.25. The Labute approximate surface area is 197 Å². The molecule has 34 heavy (non-hydrogen) atoms. The summed E-state index contributed by atoms with van der Waals surface area (Å²) in [5.41, 5.74) is 0.983. The topological polar surface area (TPSA) is 72.4 Å². The molecule has 2 heterocycles. The number of fused-ring (bicyclic) bond motifs is 1. The molecule has 0 bridgehead atoms. The van der Waals surface area contributed by atoms with Crippen molar-refractivity contribution in [2.24, 2.45) is 0 Å². The van der Waals surface area contributed by atoms with Gasteiger partial charge in [-0.05, 0) is 36.8 Å². The number of halogens is 1. The van der Waals surface area contributed by atoms with Crippen LogP contribution in [0.1, 0.15) is 5.56 Å². The Morgan fingerprint density at radius 3 is 2.18 bits per heavy atom. The molecule has 3 aromatic carbocycles. The van der Waals surface area contributed by atoms with Gasteiger partial charge in [0.15, 0.2) is 11.3 Å². The van der Waals surface area contributed by atoms with Gasteiger partial charge in [-0.2, -0.15) is 0 Å². The first-order chi connectivity index (χ1) is 16.5. The number of hydrogen-bond donors (Lipinski definition) is 1. The molecular formula is C27H18FNO4S. The summed E-state index contributed by atoms with van der Waals surface area (Å²) in [6.45, 7) is 1.73. The fraction of sp³-hybridized carbons (Fsp3) is 0.0370. The lowest BCUT2D eigenvalue weighted by molar-refractivity contribution is 0.445. The van der Waals surface area contributed by atoms with Gasteiger partial charge in [-0.1, -0.05) is 72.4 Å². The van der Waals surface area contributed by atoms with Crippen LogP contribution in [0.25, 0.3) is 27.9 Å². The van der Waals surface area contributed by atoms with E-state index in [0.717, 1.165) is 17.3 Å². The summed E-state index contributed by atoms with van der Waals surface area (Å²) >= 11 is 0.720. The Balaban J connectivity index is 1.88. The van der Waals surface area contributed by atoms with E-state index >= 15 is 0 Å². The molecule has 168 valence electrons. The van der Waals surface area contributed by atoms with Gasteiger partial charge in [0.05, 0.1) is 5.69 Å². The highest BCUT2D eigenvalue weighted by Crippen LogP contribution is 2.39. The molecule has 0 aliphatic heterocycles. The van der Waals surface area contributed by atoms with E-state index in [-0.39, 0.29) is 20.8 Å². The smallest absolute Gasteiger partial charge is 0.354 e. The maximum absolute atomic E-state index is 14.2. The van der Waals surface area contributed by atoms with Gasteiger partial charge in [-0.25, -0.2) is 9.18 Å². The molecule has 0 aliphatic rings. The van der Waals surface area contributed by atoms with Crippen LogP contribution in [-0.2, 0) is 0 Å². The van der Waals surface area contributed by atoms with Crippen LogP contribution < -0.4 is 11.2 Å². The summed E-state index contributed by atoms with van der Waals surface area (Å²) in [4.78, 5) is 26.6. The number of aromatic nitrogens is 1. The lowest BCUT2D eigenvalue weighted by Gasteiger charge is -2.18. The Kier molecular flexibility index (Phi) is 5.55. The number of pyridine rings is 1. The van der Waals surface area contributed by atoms with Gasteiger partial charge in [-0.15, -0.1) is 0 Å². The van der Waals surface area contributed by atoms with Gasteiger partial charge in [0, 0.05) is 16.1 Å². The number of para-hydroxylation sites is 1. The first-order valence-electron chi connectivity index (χ1n) is 10.5. The Bertz CT molecular complexity index is 1640. The highest BCUT2D eigenvalue weighted by atomic mass is 32.2. The summed E-state index contributed by atoms with van der Waals surface area (Å²) in [5.74, 6) is -1.08. The molecule has 2 aromatic heterocycles. The second kappa shape index (κ2) is 8.68. The summed E-state index contributed by atoms with van der Waals surface area (Å²) in [5, 5.41) is 11.0. The van der Waals surface area contributed by atoms with Crippen LogP contribution in [0, 0.1) is 12.7 Å². The van der Waals surface area contributed by atoms with Crippen molar-refractivity contribution in [3.8, 4) is 22.7 Å². The highest BCUT2D eigenvalue weighted by molar-refractivity contribution is 7.99. The maximum Gasteiger partial charge on any atom is 0.354 e. The minimum absolute atomic E-state index is 0.00332. The number of aryl methyl sites for hydroxylation is 1. The second-order valence-electron chi connectivity index (χ2n) is 7.62. The van der Waals surface area contributed by atoms with Gasteiger partial charge >= 0.3 is 5.63 Å². The van der Waals surface area contributed by atoms with Gasteiger partial charge in [-0.3, -0.25) is 9.36 Å². The maximum atomic E-state index is 14.2. The quantitative estimate of drug-likeness (QED) is 0.353. The minimum atomic E-state index is -0.850. The molecule has 0 fully saturated rings. The zero-order chi connectivity index (χ0) is 23.8. The van der Waals surface area contributed by atoms with Crippen molar-refractivity contribution >= 4 is 22.7 Å². The molecule has 5 rings (SSSR count). The number of rotatable bonds is 4. The summed E-state index contributed by atoms with van der Waals surface area (Å²) in [6.07, 6.45) is 0. The lowest BCUT2D eigenvalue weighted by Crippen LogP contribution is -2.23. The molecular weight excluding hydrogens is 453 g/mol. The monoisotopic (exact) mass is 471 g/mol. The third-order valence-electron chi connectivity index (χ3n) is 5.51. The molecule has 0 aliphatic carbocycles. The Morgan fingerprint density at radius 1 is 0.882 bits per heavy atom. The Morgan fingerprint density at radius 2 is 1.50 bits per heavy atom. The van der Waals surface area contributed by atoms with Gasteiger partial charge in [0.25, 0.3) is 5.56 Å². The van der Waals surface area contributed by atoms with Crippen molar-refractivity contribution in [2.75, 3.05) is 0 Å². The molecule has 0 saturated carbocycles. The number of hydrogen-bond acceptors (Lipinski definition) is 5. The van der Waals surface area contributed by atoms with Crippen LogP contribution in [0.15, 0.2) is 109 Å². The van der Waals surface area contributed by atoms with Crippen LogP contribution in [-0.4, -0.2) is 9.67 Å². The first kappa shape index (κ1) is 21.7. The number of nitrogens with zero attached hydrogens (tertiary/aromatic N) is 1. The van der Waals surface area contributed by atoms with Gasteiger partial charge < -0.3 is 9.52 Å². The van der Waals surface area contributed by atoms with Crippen molar-refractivity contribution in [3.05, 3.63) is 117 Å². The minimum Gasteiger partial charge on any atom is -0.505 e. The van der Waals surface area contributed by atoms with E-state index in [9.17, 15) is 19.1 Å². The van der Waals surface area contributed by atoms with Crippen LogP contribution >= 0.6 is 11.8 Å². The summed E-state index contributed by atoms with van der Waals surface area (Å²) in [7, 11) is 0. The van der Waals surface area contributed by atoms with Crippen molar-refractivity contribution < 1.29 is 13.9 Å². The van der Waals surface area contributed by atoms with Crippen molar-refractivity contribution in [2.45, 2.75) is 16.7 Å². The van der Waals surface area contributed by atoms with E-state index < -0.39 is 22.8 Å². The van der Waals surface area contributed by atoms with E-state index in [4.69, 9.17) is 4.42 Å². The van der Waals surface area contributed by atoms with Crippen LogP contribution in [0.5, 0.6) is 5.75 Å². The predicted molar refractivity (Wildman–Crippen MR) is 130 cm³/mol. The zero-order valence-electron chi connectivity index (χ0n) is 18.0. The molecule has 0 unspecified atom stereocenters. The second-order valence-corrected chi connectivity index (χ2v) is 8.67. The normalized spacial score (nSPS) is 11.1. The molecule has 0 amide bonds. The number of benzene rings is 3. The van der Waals surface area contributed by atoms with E-state index in [2.05, 4.69) is 0 Å². The lowest BCUT2D eigenvalue weighted by atomic mass is 10.0. The molecule has 0 spiro atoms. The average Bonchev–Trinajstić information content (AvgIpc) is 2.85. The molecule has 0 atom stereocenters. The van der Waals surface area contributed by atoms with Gasteiger partial charge in [0.1, 0.15) is 16.1 Å². The van der Waals surface area contributed by atoms with Gasteiger partial charge in [0.2, 0.25) is 0 Å². The summed E-state index contributed by atoms with van der Waals surface area (Å²) in [6, 6.07) is 24.2. The molecule has 1 N–H and O–H groups in total. The van der Waals surface area contributed by atoms with E-state index in [1.807, 2.05) is 36.4 Å². The molecule has 5 aromatic rings. The fourth-order valence-corrected chi connectivity index (χ4v) is 4.81. The van der Waals surface area contributed by atoms with Crippen molar-refractivity contribution in [1.29, 1.82) is 0 Å². The standard InChI is InChI=1S/C27H18FNO4S/c1-16-22(17-10-4-2-5-11-17)29(18-12-6-3-7-13-18)26(31)21-23(30)25(27(32)33-24(16)21)34-20-15-9-8-14-19(20)28/h2-15,30H,1H3. The zero-order valence-corrected chi connectivity index (χ0v) is 18.8. The molecule has 0 saturated heterocycles. The van der Waals surface area contributed by atoms with E-state index in [1.54, 1.807) is 37.3 Å². The summed E-state index contributed by atoms with van der Waals surface area (Å²) < 4.78 is 21.3. The predicted octanol–water partition coefficient (Wildman–Crippen LogP) is 5.92. The third-order valence-corrected chi connectivity index (χ3v) is 6.62. The SMILES string of the molecule is Cc1c(-c2ccccc2)n(-c2ccccc2)c(=O)c2c(O)c(Sc3ccccc3F)c(=O)oc12. The molecule has 7 heteroatoms. The first-order valence-corrected chi connectivity index (χ1v) is 11.3. The molecule has 0 radical (unpaired) electrons. The van der Waals surface area contributed by atoms with Crippen molar-refractivity contribution in [1.82, 2.24) is 4.57 Å². The Hall–Kier alpha value is -4.10. The van der Waals surface area contributed by atoms with Crippen LogP contribution in [0.2, 0.25) is 0 Å². The van der Waals surface area contributed by atoms with Crippen LogP contribution in [0.4, 0.5) is 4.39 Å². The van der Waals surface area contributed by atoms with Crippen LogP contribution in [0.3, 0.4) is 0 Å².